The molecule has 0 amide bonds. The van der Waals surface area contributed by atoms with Gasteiger partial charge in [-0.15, -0.1) is 0 Å². The van der Waals surface area contributed by atoms with Gasteiger partial charge in [0.05, 0.1) is 0 Å². The van der Waals surface area contributed by atoms with E-state index < -0.39 is 0 Å². The Bertz CT molecular complexity index is 367. The molecule has 2 N–H and O–H groups in total. The first-order valence-electron chi connectivity index (χ1n) is 5.30. The topological polar surface area (TPSA) is 35.2 Å². The fourth-order valence-electron chi connectivity index (χ4n) is 2.09. The summed E-state index contributed by atoms with van der Waals surface area (Å²) in [4.78, 5) is 0. The van der Waals surface area contributed by atoms with Crippen molar-refractivity contribution < 1.29 is 9.13 Å². The number of nitrogens with two attached hydrogens (primary N) is 1. The van der Waals surface area contributed by atoms with Crippen LogP contribution in [0.3, 0.4) is 0 Å². The van der Waals surface area contributed by atoms with Crippen molar-refractivity contribution in [2.45, 2.75) is 31.8 Å². The van der Waals surface area contributed by atoms with Crippen LogP contribution >= 0.6 is 0 Å². The Balaban J connectivity index is 2.14. The van der Waals surface area contributed by atoms with Gasteiger partial charge in [0, 0.05) is 12.5 Å². The van der Waals surface area contributed by atoms with E-state index in [2.05, 4.69) is 6.92 Å². The van der Waals surface area contributed by atoms with Crippen LogP contribution in [-0.2, 0) is 6.42 Å². The van der Waals surface area contributed by atoms with Crippen LogP contribution in [0, 0.1) is 5.82 Å². The number of fused-ring (bicyclic) bond motifs is 1. The van der Waals surface area contributed by atoms with Crippen molar-refractivity contribution in [1.29, 1.82) is 0 Å². The minimum Gasteiger partial charge on any atom is -0.487 e. The number of hydrogen-bond donors (Lipinski definition) is 1. The Kier molecular flexibility index (Phi) is 2.65. The average Bonchev–Trinajstić information content (AvgIpc) is 2.51. The maximum atomic E-state index is 13.0. The maximum absolute atomic E-state index is 13.0. The Morgan fingerprint density at radius 1 is 1.53 bits per heavy atom. The fourth-order valence-corrected chi connectivity index (χ4v) is 2.09. The van der Waals surface area contributed by atoms with Gasteiger partial charge in [-0.25, -0.2) is 4.39 Å². The first-order valence-corrected chi connectivity index (χ1v) is 5.30. The van der Waals surface area contributed by atoms with Gasteiger partial charge in [-0.1, -0.05) is 6.07 Å². The molecular formula is C12H16FNO. The lowest BCUT2D eigenvalue weighted by Gasteiger charge is -2.23. The highest BCUT2D eigenvalue weighted by Crippen LogP contribution is 2.37. The third-order valence-electron chi connectivity index (χ3n) is 2.86. The summed E-state index contributed by atoms with van der Waals surface area (Å²) in [5.41, 5.74) is 6.37. The molecule has 1 aliphatic heterocycles. The standard InChI is InChI=1S/C12H16FNO/c1-12(5-2-6-14)8-9-3-4-10(13)7-11(9)15-12/h3-4,7H,2,5-6,8,14H2,1H3. The molecule has 1 heterocycles. The molecule has 0 radical (unpaired) electrons. The second-order valence-electron chi connectivity index (χ2n) is 4.37. The van der Waals surface area contributed by atoms with Crippen LogP contribution in [0.5, 0.6) is 5.75 Å². The summed E-state index contributed by atoms with van der Waals surface area (Å²) in [6, 6.07) is 4.75. The molecule has 1 unspecified atom stereocenters. The van der Waals surface area contributed by atoms with Crippen LogP contribution in [0.2, 0.25) is 0 Å². The van der Waals surface area contributed by atoms with Crippen LogP contribution in [0.4, 0.5) is 4.39 Å². The lowest BCUT2D eigenvalue weighted by molar-refractivity contribution is 0.104. The molecule has 3 heteroatoms. The molecule has 0 fully saturated rings. The molecular weight excluding hydrogens is 193 g/mol. The normalized spacial score (nSPS) is 23.7. The van der Waals surface area contributed by atoms with E-state index in [0.29, 0.717) is 12.3 Å². The Morgan fingerprint density at radius 2 is 2.33 bits per heavy atom. The third-order valence-corrected chi connectivity index (χ3v) is 2.86. The van der Waals surface area contributed by atoms with E-state index in [9.17, 15) is 4.39 Å². The molecule has 1 aromatic carbocycles. The minimum atomic E-state index is -0.239. The van der Waals surface area contributed by atoms with Gasteiger partial charge in [0.1, 0.15) is 17.2 Å². The zero-order valence-corrected chi connectivity index (χ0v) is 8.92. The lowest BCUT2D eigenvalue weighted by Crippen LogP contribution is -2.30. The predicted molar refractivity (Wildman–Crippen MR) is 57.4 cm³/mol. The molecule has 82 valence electrons. The molecule has 15 heavy (non-hydrogen) atoms. The Morgan fingerprint density at radius 3 is 3.07 bits per heavy atom. The van der Waals surface area contributed by atoms with Crippen molar-refractivity contribution >= 4 is 0 Å². The van der Waals surface area contributed by atoms with Crippen molar-refractivity contribution in [3.63, 3.8) is 0 Å². The first kappa shape index (κ1) is 10.4. The summed E-state index contributed by atoms with van der Waals surface area (Å²) in [7, 11) is 0. The Labute approximate surface area is 89.2 Å². The van der Waals surface area contributed by atoms with E-state index in [1.807, 2.05) is 0 Å². The highest BCUT2D eigenvalue weighted by Gasteiger charge is 2.34. The lowest BCUT2D eigenvalue weighted by atomic mass is 9.94. The van der Waals surface area contributed by atoms with E-state index in [-0.39, 0.29) is 11.4 Å². The first-order chi connectivity index (χ1) is 7.13. The molecule has 0 saturated heterocycles. The summed E-state index contributed by atoms with van der Waals surface area (Å²) in [6.07, 6.45) is 2.70. The molecule has 1 aromatic rings. The number of halogens is 1. The SMILES string of the molecule is CC1(CCCN)Cc2ccc(F)cc2O1. The van der Waals surface area contributed by atoms with Crippen LogP contribution in [0.1, 0.15) is 25.3 Å². The minimum absolute atomic E-state index is 0.199. The monoisotopic (exact) mass is 209 g/mol. The summed E-state index contributed by atoms with van der Waals surface area (Å²) < 4.78 is 18.7. The molecule has 0 aliphatic carbocycles. The van der Waals surface area contributed by atoms with Gasteiger partial charge in [0.25, 0.3) is 0 Å². The van der Waals surface area contributed by atoms with Crippen LogP contribution in [0.25, 0.3) is 0 Å². The molecule has 0 saturated carbocycles. The van der Waals surface area contributed by atoms with Crippen molar-refractivity contribution in [2.75, 3.05) is 6.54 Å². The summed E-state index contributed by atoms with van der Waals surface area (Å²) >= 11 is 0. The highest BCUT2D eigenvalue weighted by atomic mass is 19.1. The molecule has 2 nitrogen and oxygen atoms in total. The van der Waals surface area contributed by atoms with Crippen molar-refractivity contribution in [3.8, 4) is 5.75 Å². The molecule has 0 bridgehead atoms. The van der Waals surface area contributed by atoms with Gasteiger partial charge >= 0.3 is 0 Å². The molecule has 1 atom stereocenters. The molecule has 0 spiro atoms. The number of ether oxygens (including phenoxy) is 1. The number of benzene rings is 1. The smallest absolute Gasteiger partial charge is 0.126 e. The van der Waals surface area contributed by atoms with Gasteiger partial charge in [0.15, 0.2) is 0 Å². The maximum Gasteiger partial charge on any atom is 0.126 e. The average molecular weight is 209 g/mol. The third kappa shape index (κ3) is 2.12. The van der Waals surface area contributed by atoms with Crippen molar-refractivity contribution in [3.05, 3.63) is 29.6 Å². The van der Waals surface area contributed by atoms with Crippen molar-refractivity contribution in [1.82, 2.24) is 0 Å². The fraction of sp³-hybridized carbons (Fsp3) is 0.500. The second-order valence-corrected chi connectivity index (χ2v) is 4.37. The van der Waals surface area contributed by atoms with E-state index in [1.54, 1.807) is 6.07 Å². The number of hydrogen-bond acceptors (Lipinski definition) is 2. The van der Waals surface area contributed by atoms with Gasteiger partial charge in [-0.05, 0) is 37.9 Å². The van der Waals surface area contributed by atoms with Crippen LogP contribution in [0.15, 0.2) is 18.2 Å². The molecule has 1 aliphatic rings. The zero-order valence-electron chi connectivity index (χ0n) is 8.92. The Hall–Kier alpha value is -1.09. The quantitative estimate of drug-likeness (QED) is 0.828. The zero-order chi connectivity index (χ0) is 10.9. The number of rotatable bonds is 3. The van der Waals surface area contributed by atoms with Gasteiger partial charge < -0.3 is 10.5 Å². The van der Waals surface area contributed by atoms with Gasteiger partial charge in [-0.3, -0.25) is 0 Å². The predicted octanol–water partition coefficient (Wildman–Crippen LogP) is 2.26. The highest BCUT2D eigenvalue weighted by molar-refractivity contribution is 5.39. The van der Waals surface area contributed by atoms with E-state index in [0.717, 1.165) is 24.8 Å². The molecule has 0 aromatic heterocycles. The van der Waals surface area contributed by atoms with Crippen LogP contribution in [-0.4, -0.2) is 12.1 Å². The summed E-state index contributed by atoms with van der Waals surface area (Å²) in [5, 5.41) is 0. The largest absolute Gasteiger partial charge is 0.487 e. The van der Waals surface area contributed by atoms with Gasteiger partial charge in [0.2, 0.25) is 0 Å². The summed E-state index contributed by atoms with van der Waals surface area (Å²) in [6.45, 7) is 2.73. The second kappa shape index (κ2) is 3.81. The molecule has 2 rings (SSSR count). The van der Waals surface area contributed by atoms with E-state index >= 15 is 0 Å². The van der Waals surface area contributed by atoms with Crippen LogP contribution < -0.4 is 10.5 Å². The van der Waals surface area contributed by atoms with E-state index in [4.69, 9.17) is 10.5 Å². The summed E-state index contributed by atoms with van der Waals surface area (Å²) in [5.74, 6) is 0.450. The van der Waals surface area contributed by atoms with E-state index in [1.165, 1.54) is 12.1 Å². The van der Waals surface area contributed by atoms with Crippen molar-refractivity contribution in [2.24, 2.45) is 5.73 Å². The van der Waals surface area contributed by atoms with Gasteiger partial charge in [-0.2, -0.15) is 0 Å².